The summed E-state index contributed by atoms with van der Waals surface area (Å²) in [5.41, 5.74) is 3.21. The minimum atomic E-state index is 0.0119. The Balaban J connectivity index is 1.94. The van der Waals surface area contributed by atoms with E-state index in [-0.39, 0.29) is 5.78 Å². The fraction of sp³-hybridized carbons (Fsp3) is 0.158. The third-order valence-corrected chi connectivity index (χ3v) is 3.20. The molecule has 22 heavy (non-hydrogen) atoms. The van der Waals surface area contributed by atoms with Gasteiger partial charge in [0.05, 0.1) is 13.2 Å². The average Bonchev–Trinajstić information content (AvgIpc) is 2.56. The van der Waals surface area contributed by atoms with Crippen LogP contribution in [0.4, 0.5) is 0 Å². The Morgan fingerprint density at radius 2 is 1.64 bits per heavy atom. The summed E-state index contributed by atoms with van der Waals surface area (Å²) in [7, 11) is 0. The lowest BCUT2D eigenvalue weighted by Gasteiger charge is -2.06. The SMILES string of the molecule is CC(=CC=O)COCc1ccc(C(=O)c2ccccc2)cc1. The molecule has 0 aliphatic heterocycles. The molecule has 0 amide bonds. The molecule has 0 N–H and O–H groups in total. The number of ether oxygens (including phenoxy) is 1. The van der Waals surface area contributed by atoms with Gasteiger partial charge in [-0.15, -0.1) is 0 Å². The van der Waals surface area contributed by atoms with Crippen LogP contribution in [-0.4, -0.2) is 18.7 Å². The van der Waals surface area contributed by atoms with Crippen molar-refractivity contribution >= 4 is 12.1 Å². The first-order valence-corrected chi connectivity index (χ1v) is 7.08. The monoisotopic (exact) mass is 294 g/mol. The van der Waals surface area contributed by atoms with Gasteiger partial charge in [-0.1, -0.05) is 54.6 Å². The van der Waals surface area contributed by atoms with Crippen molar-refractivity contribution in [2.45, 2.75) is 13.5 Å². The van der Waals surface area contributed by atoms with Crippen LogP contribution in [0.25, 0.3) is 0 Å². The Morgan fingerprint density at radius 3 is 2.27 bits per heavy atom. The normalized spacial score (nSPS) is 11.2. The van der Waals surface area contributed by atoms with Gasteiger partial charge < -0.3 is 4.74 Å². The molecule has 112 valence electrons. The van der Waals surface area contributed by atoms with E-state index < -0.39 is 0 Å². The topological polar surface area (TPSA) is 43.4 Å². The van der Waals surface area contributed by atoms with Gasteiger partial charge in [-0.3, -0.25) is 9.59 Å². The van der Waals surface area contributed by atoms with Crippen molar-refractivity contribution in [2.75, 3.05) is 6.61 Å². The van der Waals surface area contributed by atoms with Gasteiger partial charge >= 0.3 is 0 Å². The van der Waals surface area contributed by atoms with Crippen LogP contribution in [0.1, 0.15) is 28.4 Å². The van der Waals surface area contributed by atoms with Crippen molar-refractivity contribution in [2.24, 2.45) is 0 Å². The highest BCUT2D eigenvalue weighted by Crippen LogP contribution is 2.12. The second-order valence-corrected chi connectivity index (χ2v) is 5.03. The van der Waals surface area contributed by atoms with Crippen LogP contribution >= 0.6 is 0 Å². The van der Waals surface area contributed by atoms with Crippen molar-refractivity contribution < 1.29 is 14.3 Å². The van der Waals surface area contributed by atoms with Gasteiger partial charge in [-0.25, -0.2) is 0 Å². The van der Waals surface area contributed by atoms with Crippen LogP contribution in [0.5, 0.6) is 0 Å². The van der Waals surface area contributed by atoms with E-state index in [9.17, 15) is 9.59 Å². The van der Waals surface area contributed by atoms with Crippen LogP contribution in [0.3, 0.4) is 0 Å². The molecule has 3 heteroatoms. The molecule has 0 aliphatic carbocycles. The molecule has 2 rings (SSSR count). The maximum atomic E-state index is 12.3. The van der Waals surface area contributed by atoms with Gasteiger partial charge in [0.15, 0.2) is 5.78 Å². The molecule has 0 aliphatic rings. The Bertz CT molecular complexity index is 655. The van der Waals surface area contributed by atoms with Crippen LogP contribution < -0.4 is 0 Å². The summed E-state index contributed by atoms with van der Waals surface area (Å²) in [6.45, 7) is 2.71. The van der Waals surface area contributed by atoms with Gasteiger partial charge in [0.1, 0.15) is 6.29 Å². The third-order valence-electron chi connectivity index (χ3n) is 3.20. The number of carbonyl (C=O) groups is 2. The predicted octanol–water partition coefficient (Wildman–Crippen LogP) is 3.58. The molecular weight excluding hydrogens is 276 g/mol. The first-order valence-electron chi connectivity index (χ1n) is 7.08. The number of benzene rings is 2. The van der Waals surface area contributed by atoms with E-state index in [1.807, 2.05) is 61.5 Å². The van der Waals surface area contributed by atoms with Crippen molar-refractivity contribution in [1.29, 1.82) is 0 Å². The zero-order chi connectivity index (χ0) is 15.8. The Hall–Kier alpha value is -2.52. The highest BCUT2D eigenvalue weighted by Gasteiger charge is 2.07. The zero-order valence-electron chi connectivity index (χ0n) is 12.5. The lowest BCUT2D eigenvalue weighted by Crippen LogP contribution is -2.02. The molecule has 0 heterocycles. The minimum Gasteiger partial charge on any atom is -0.372 e. The van der Waals surface area contributed by atoms with Crippen LogP contribution in [0.2, 0.25) is 0 Å². The standard InChI is InChI=1S/C19H18O3/c1-15(11-12-20)13-22-14-16-7-9-18(10-8-16)19(21)17-5-3-2-4-6-17/h2-12H,13-14H2,1H3. The molecule has 2 aromatic rings. The van der Waals surface area contributed by atoms with E-state index >= 15 is 0 Å². The first-order chi connectivity index (χ1) is 10.7. The van der Waals surface area contributed by atoms with Gasteiger partial charge in [0.2, 0.25) is 0 Å². The van der Waals surface area contributed by atoms with Crippen molar-refractivity contribution in [3.63, 3.8) is 0 Å². The zero-order valence-corrected chi connectivity index (χ0v) is 12.5. The Morgan fingerprint density at radius 1 is 1.00 bits per heavy atom. The van der Waals surface area contributed by atoms with E-state index in [2.05, 4.69) is 0 Å². The summed E-state index contributed by atoms with van der Waals surface area (Å²) in [6.07, 6.45) is 2.24. The third kappa shape index (κ3) is 4.50. The predicted molar refractivity (Wildman–Crippen MR) is 85.8 cm³/mol. The van der Waals surface area contributed by atoms with E-state index in [1.54, 1.807) is 0 Å². The summed E-state index contributed by atoms with van der Waals surface area (Å²) in [5.74, 6) is 0.0119. The average molecular weight is 294 g/mol. The van der Waals surface area contributed by atoms with Crippen molar-refractivity contribution in [1.82, 2.24) is 0 Å². The molecule has 0 radical (unpaired) electrons. The molecule has 2 aromatic carbocycles. The lowest BCUT2D eigenvalue weighted by molar-refractivity contribution is -0.104. The molecule has 0 fully saturated rings. The minimum absolute atomic E-state index is 0.0119. The number of rotatable bonds is 7. The summed E-state index contributed by atoms with van der Waals surface area (Å²) in [4.78, 5) is 22.6. The molecule has 0 saturated heterocycles. The second kappa shape index (κ2) is 8.05. The molecule has 0 spiro atoms. The van der Waals surface area contributed by atoms with Gasteiger partial charge in [-0.05, 0) is 24.1 Å². The van der Waals surface area contributed by atoms with E-state index in [4.69, 9.17) is 4.74 Å². The molecular formula is C19H18O3. The van der Waals surface area contributed by atoms with Crippen LogP contribution in [0, 0.1) is 0 Å². The van der Waals surface area contributed by atoms with Crippen molar-refractivity contribution in [3.05, 3.63) is 82.9 Å². The fourth-order valence-electron chi connectivity index (χ4n) is 2.00. The van der Waals surface area contributed by atoms with Crippen LogP contribution in [-0.2, 0) is 16.1 Å². The summed E-state index contributed by atoms with van der Waals surface area (Å²) in [5, 5.41) is 0. The maximum absolute atomic E-state index is 12.3. The van der Waals surface area contributed by atoms with Gasteiger partial charge in [0, 0.05) is 11.1 Å². The molecule has 0 atom stereocenters. The van der Waals surface area contributed by atoms with Crippen LogP contribution in [0.15, 0.2) is 66.2 Å². The molecule has 0 aromatic heterocycles. The molecule has 0 unspecified atom stereocenters. The van der Waals surface area contributed by atoms with E-state index in [0.717, 1.165) is 17.4 Å². The lowest BCUT2D eigenvalue weighted by atomic mass is 10.0. The molecule has 3 nitrogen and oxygen atoms in total. The largest absolute Gasteiger partial charge is 0.372 e. The summed E-state index contributed by atoms with van der Waals surface area (Å²) >= 11 is 0. The quantitative estimate of drug-likeness (QED) is 0.445. The Labute approximate surface area is 130 Å². The summed E-state index contributed by atoms with van der Waals surface area (Å²) in [6, 6.07) is 16.6. The highest BCUT2D eigenvalue weighted by atomic mass is 16.5. The Kier molecular flexibility index (Phi) is 5.81. The van der Waals surface area contributed by atoms with Gasteiger partial charge in [0.25, 0.3) is 0 Å². The van der Waals surface area contributed by atoms with E-state index in [1.165, 1.54) is 6.08 Å². The van der Waals surface area contributed by atoms with Crippen molar-refractivity contribution in [3.8, 4) is 0 Å². The smallest absolute Gasteiger partial charge is 0.193 e. The second-order valence-electron chi connectivity index (χ2n) is 5.03. The maximum Gasteiger partial charge on any atom is 0.193 e. The number of carbonyl (C=O) groups excluding carboxylic acids is 2. The number of hydrogen-bond acceptors (Lipinski definition) is 3. The fourth-order valence-corrected chi connectivity index (χ4v) is 2.00. The molecule has 0 bridgehead atoms. The number of allylic oxidation sites excluding steroid dienone is 1. The van der Waals surface area contributed by atoms with E-state index in [0.29, 0.717) is 24.3 Å². The molecule has 0 saturated carbocycles. The number of ketones is 1. The highest BCUT2D eigenvalue weighted by molar-refractivity contribution is 6.08. The number of aldehydes is 1. The first kappa shape index (κ1) is 15.9. The summed E-state index contributed by atoms with van der Waals surface area (Å²) < 4.78 is 5.51. The number of hydrogen-bond donors (Lipinski definition) is 0. The van der Waals surface area contributed by atoms with Gasteiger partial charge in [-0.2, -0.15) is 0 Å².